The summed E-state index contributed by atoms with van der Waals surface area (Å²) in [5.74, 6) is 0. The predicted molar refractivity (Wildman–Crippen MR) is 147 cm³/mol. The summed E-state index contributed by atoms with van der Waals surface area (Å²) in [6, 6.07) is 18.2. The second-order valence-electron chi connectivity index (χ2n) is 9.07. The third kappa shape index (κ3) is 11.6. The maximum atomic E-state index is 9.75. The van der Waals surface area contributed by atoms with Gasteiger partial charge in [0.1, 0.15) is 7.05 Å². The van der Waals surface area contributed by atoms with Crippen LogP contribution in [0.1, 0.15) is 65.2 Å². The van der Waals surface area contributed by atoms with Crippen LogP contribution in [0.15, 0.2) is 60.9 Å². The van der Waals surface area contributed by atoms with E-state index >= 15 is 0 Å². The summed E-state index contributed by atoms with van der Waals surface area (Å²) in [5.41, 5.74) is 3.98. The Labute approximate surface area is 218 Å². The maximum absolute atomic E-state index is 9.75. The van der Waals surface area contributed by atoms with Gasteiger partial charge in [-0.05, 0) is 42.7 Å². The Balaban J connectivity index is 0.000000830. The lowest BCUT2D eigenvalue weighted by atomic mass is 10.1. The number of anilines is 1. The predicted octanol–water partition coefficient (Wildman–Crippen LogP) is 9.17. The topological polar surface area (TPSA) is 7.12 Å². The maximum Gasteiger partial charge on any atom is 0.673 e. The summed E-state index contributed by atoms with van der Waals surface area (Å²) in [6.07, 6.45) is 14.8. The Morgan fingerprint density at radius 2 is 1.11 bits per heavy atom. The average molecular weight is 523 g/mol. The lowest BCUT2D eigenvalue weighted by Gasteiger charge is -2.25. The van der Waals surface area contributed by atoms with E-state index in [-0.39, 0.29) is 0 Å². The molecule has 0 unspecified atom stereocenters. The first-order valence-electron chi connectivity index (χ1n) is 13.0. The molecule has 0 atom stereocenters. The number of aryl methyl sites for hydroxylation is 1. The number of rotatable bonds is 13. The number of hydrogen-bond acceptors (Lipinski definition) is 2. The van der Waals surface area contributed by atoms with Crippen LogP contribution in [0.5, 0.6) is 0 Å². The van der Waals surface area contributed by atoms with Gasteiger partial charge in [-0.15, -0.1) is 11.3 Å². The highest BCUT2D eigenvalue weighted by atomic mass is 32.1. The van der Waals surface area contributed by atoms with Crippen molar-refractivity contribution in [2.45, 2.75) is 65.2 Å². The summed E-state index contributed by atoms with van der Waals surface area (Å²) in [6.45, 7) is 6.93. The molecule has 0 aliphatic heterocycles. The van der Waals surface area contributed by atoms with E-state index in [4.69, 9.17) is 0 Å². The fourth-order valence-corrected chi connectivity index (χ4v) is 5.00. The average Bonchev–Trinajstić information content (AvgIpc) is 3.33. The van der Waals surface area contributed by atoms with Gasteiger partial charge in [-0.1, -0.05) is 64.5 Å². The number of benzene rings is 1. The number of pyridine rings is 1. The molecule has 2 aromatic heterocycles. The molecule has 36 heavy (non-hydrogen) atoms. The molecular formula is C28H39BF4N2S. The van der Waals surface area contributed by atoms with Crippen LogP contribution in [-0.2, 0) is 7.05 Å². The van der Waals surface area contributed by atoms with Crippen LogP contribution in [0.25, 0.3) is 20.9 Å². The van der Waals surface area contributed by atoms with Crippen molar-refractivity contribution in [2.24, 2.45) is 7.05 Å². The standard InChI is InChI=1S/C28H39N2S.BF4/c1-4-6-8-10-20-30(21-11-9-7-5-2)26-14-12-24(13-15-26)27-16-17-28(31-27)25-18-22-29(3)23-19-25;2-1(3,4)5/h12-19,22-23H,4-11,20-21H2,1-3H3;/q+1;-1. The molecule has 8 heteroatoms. The van der Waals surface area contributed by atoms with Gasteiger partial charge in [0, 0.05) is 46.2 Å². The minimum absolute atomic E-state index is 1.18. The highest BCUT2D eigenvalue weighted by molar-refractivity contribution is 7.18. The van der Waals surface area contributed by atoms with Crippen molar-refractivity contribution >= 4 is 24.3 Å². The van der Waals surface area contributed by atoms with Crippen molar-refractivity contribution in [3.63, 3.8) is 0 Å². The molecule has 198 valence electrons. The molecule has 0 bridgehead atoms. The van der Waals surface area contributed by atoms with E-state index in [0.717, 1.165) is 0 Å². The van der Waals surface area contributed by atoms with Crippen LogP contribution in [0.3, 0.4) is 0 Å². The Kier molecular flexibility index (Phi) is 13.0. The molecule has 0 spiro atoms. The Bertz CT molecular complexity index is 970. The zero-order valence-electron chi connectivity index (χ0n) is 21.7. The third-order valence-electron chi connectivity index (χ3n) is 5.95. The van der Waals surface area contributed by atoms with Crippen molar-refractivity contribution in [1.29, 1.82) is 0 Å². The van der Waals surface area contributed by atoms with Crippen molar-refractivity contribution in [2.75, 3.05) is 18.0 Å². The monoisotopic (exact) mass is 522 g/mol. The lowest BCUT2D eigenvalue weighted by Crippen LogP contribution is -2.25. The number of hydrogen-bond donors (Lipinski definition) is 0. The zero-order chi connectivity index (χ0) is 26.4. The van der Waals surface area contributed by atoms with E-state index in [0.29, 0.717) is 0 Å². The fraction of sp³-hybridized carbons (Fsp3) is 0.464. The summed E-state index contributed by atoms with van der Waals surface area (Å²) < 4.78 is 41.1. The van der Waals surface area contributed by atoms with Gasteiger partial charge in [0.15, 0.2) is 12.4 Å². The second kappa shape index (κ2) is 15.7. The summed E-state index contributed by atoms with van der Waals surface area (Å²) in [5, 5.41) is 0. The van der Waals surface area contributed by atoms with Gasteiger partial charge in [0.25, 0.3) is 0 Å². The minimum atomic E-state index is -6.00. The SMILES string of the molecule is CCCCCCN(CCCCCC)c1ccc(-c2ccc(-c3cc[n+](C)cc3)s2)cc1.F[B-](F)(F)F. The van der Waals surface area contributed by atoms with Crippen molar-refractivity contribution in [1.82, 2.24) is 0 Å². The second-order valence-corrected chi connectivity index (χ2v) is 10.2. The quantitative estimate of drug-likeness (QED) is 0.0940. The van der Waals surface area contributed by atoms with E-state index in [1.807, 2.05) is 11.3 Å². The normalized spacial score (nSPS) is 11.2. The largest absolute Gasteiger partial charge is 0.673 e. The first-order chi connectivity index (χ1) is 17.2. The van der Waals surface area contributed by atoms with Gasteiger partial charge in [-0.25, -0.2) is 4.57 Å². The van der Waals surface area contributed by atoms with E-state index < -0.39 is 7.25 Å². The lowest BCUT2D eigenvalue weighted by molar-refractivity contribution is -0.671. The van der Waals surface area contributed by atoms with Gasteiger partial charge in [-0.2, -0.15) is 0 Å². The molecule has 0 aliphatic carbocycles. The molecule has 0 radical (unpaired) electrons. The van der Waals surface area contributed by atoms with Crippen molar-refractivity contribution in [3.05, 3.63) is 60.9 Å². The molecule has 1 aromatic carbocycles. The van der Waals surface area contributed by atoms with Crippen LogP contribution >= 0.6 is 11.3 Å². The van der Waals surface area contributed by atoms with Crippen LogP contribution in [0.4, 0.5) is 23.0 Å². The first-order valence-corrected chi connectivity index (χ1v) is 13.8. The third-order valence-corrected chi connectivity index (χ3v) is 7.13. The van der Waals surface area contributed by atoms with E-state index in [2.05, 4.69) is 91.3 Å². The molecular weight excluding hydrogens is 483 g/mol. The highest BCUT2D eigenvalue weighted by Gasteiger charge is 2.20. The summed E-state index contributed by atoms with van der Waals surface area (Å²) in [7, 11) is -3.94. The summed E-state index contributed by atoms with van der Waals surface area (Å²) in [4.78, 5) is 5.28. The molecule has 0 saturated heterocycles. The molecule has 0 aliphatic rings. The molecule has 2 heterocycles. The van der Waals surface area contributed by atoms with Crippen LogP contribution in [-0.4, -0.2) is 20.3 Å². The Hall–Kier alpha value is -2.35. The molecule has 3 rings (SSSR count). The molecule has 0 fully saturated rings. The first kappa shape index (κ1) is 29.9. The van der Waals surface area contributed by atoms with Gasteiger partial charge < -0.3 is 22.2 Å². The van der Waals surface area contributed by atoms with Crippen molar-refractivity contribution in [3.8, 4) is 20.9 Å². The number of nitrogens with zero attached hydrogens (tertiary/aromatic N) is 2. The molecule has 0 saturated carbocycles. The molecule has 2 nitrogen and oxygen atoms in total. The Morgan fingerprint density at radius 3 is 1.56 bits per heavy atom. The summed E-state index contributed by atoms with van der Waals surface area (Å²) >= 11 is 1.88. The van der Waals surface area contributed by atoms with Crippen LogP contribution in [0, 0.1) is 0 Å². The number of thiophene rings is 1. The van der Waals surface area contributed by atoms with Gasteiger partial charge >= 0.3 is 7.25 Å². The number of halogens is 4. The van der Waals surface area contributed by atoms with Gasteiger partial charge in [0.2, 0.25) is 0 Å². The van der Waals surface area contributed by atoms with E-state index in [1.54, 1.807) is 0 Å². The van der Waals surface area contributed by atoms with Gasteiger partial charge in [-0.3, -0.25) is 0 Å². The fourth-order valence-electron chi connectivity index (χ4n) is 3.98. The number of aromatic nitrogens is 1. The minimum Gasteiger partial charge on any atom is -0.418 e. The highest BCUT2D eigenvalue weighted by Crippen LogP contribution is 2.35. The zero-order valence-corrected chi connectivity index (χ0v) is 22.6. The Morgan fingerprint density at radius 1 is 0.667 bits per heavy atom. The smallest absolute Gasteiger partial charge is 0.418 e. The van der Waals surface area contributed by atoms with E-state index in [9.17, 15) is 17.3 Å². The number of unbranched alkanes of at least 4 members (excludes halogenated alkanes) is 6. The van der Waals surface area contributed by atoms with Crippen LogP contribution < -0.4 is 9.47 Å². The molecule has 3 aromatic rings. The van der Waals surface area contributed by atoms with Crippen LogP contribution in [0.2, 0.25) is 0 Å². The molecule has 0 N–H and O–H groups in total. The molecule has 0 amide bonds. The van der Waals surface area contributed by atoms with Crippen molar-refractivity contribution < 1.29 is 21.8 Å². The van der Waals surface area contributed by atoms with Gasteiger partial charge in [0.05, 0.1) is 0 Å². The van der Waals surface area contributed by atoms with E-state index in [1.165, 1.54) is 91.0 Å².